The van der Waals surface area contributed by atoms with Crippen LogP contribution in [0.15, 0.2) is 102 Å². The van der Waals surface area contributed by atoms with E-state index in [2.05, 4.69) is 127 Å². The average molecular weight is 612 g/mol. The first-order valence-electron chi connectivity index (χ1n) is 14.4. The summed E-state index contributed by atoms with van der Waals surface area (Å²) in [6.07, 6.45) is 2.94. The van der Waals surface area contributed by atoms with Crippen molar-refractivity contribution >= 4 is 37.6 Å². The fourth-order valence-electron chi connectivity index (χ4n) is 6.20. The van der Waals surface area contributed by atoms with Crippen LogP contribution in [0.4, 0.5) is 0 Å². The van der Waals surface area contributed by atoms with Crippen LogP contribution in [-0.4, -0.2) is 44.2 Å². The lowest BCUT2D eigenvalue weighted by molar-refractivity contribution is -0.0646. The van der Waals surface area contributed by atoms with Crippen molar-refractivity contribution in [2.75, 3.05) is 34.4 Å². The predicted molar refractivity (Wildman–Crippen MR) is 174 cm³/mol. The van der Waals surface area contributed by atoms with Gasteiger partial charge in [0.1, 0.15) is 5.60 Å². The highest BCUT2D eigenvalue weighted by molar-refractivity contribution is 9.10. The minimum atomic E-state index is -0.669. The number of nitrogens with zero attached hydrogens (tertiary/aromatic N) is 2. The summed E-state index contributed by atoms with van der Waals surface area (Å²) in [5, 5.41) is 3.49. The predicted octanol–water partition coefficient (Wildman–Crippen LogP) is 8.95. The quantitative estimate of drug-likeness (QED) is 0.132. The van der Waals surface area contributed by atoms with E-state index < -0.39 is 5.60 Å². The van der Waals surface area contributed by atoms with Crippen molar-refractivity contribution < 1.29 is 9.47 Å². The van der Waals surface area contributed by atoms with Crippen LogP contribution in [0, 0.1) is 0 Å². The van der Waals surface area contributed by atoms with Gasteiger partial charge in [-0.15, -0.1) is 0 Å². The minimum absolute atomic E-state index is 0.167. The van der Waals surface area contributed by atoms with Crippen LogP contribution < -0.4 is 4.74 Å². The maximum atomic E-state index is 7.13. The number of halogens is 1. The molecule has 41 heavy (non-hydrogen) atoms. The summed E-state index contributed by atoms with van der Waals surface area (Å²) >= 11 is 3.67. The topological polar surface area (TPSA) is 34.6 Å². The first-order valence-corrected chi connectivity index (χ1v) is 15.2. The summed E-state index contributed by atoms with van der Waals surface area (Å²) < 4.78 is 14.2. The maximum absolute atomic E-state index is 7.13. The monoisotopic (exact) mass is 610 g/mol. The van der Waals surface area contributed by atoms with Crippen molar-refractivity contribution in [3.05, 3.63) is 118 Å². The highest BCUT2D eigenvalue weighted by Crippen LogP contribution is 2.52. The van der Waals surface area contributed by atoms with Crippen LogP contribution in [0.2, 0.25) is 0 Å². The summed E-state index contributed by atoms with van der Waals surface area (Å²) in [6, 6.07) is 34.4. The molecule has 212 valence electrons. The number of hydrogen-bond donors (Lipinski definition) is 0. The van der Waals surface area contributed by atoms with Gasteiger partial charge in [-0.25, -0.2) is 4.98 Å². The van der Waals surface area contributed by atoms with E-state index in [1.807, 2.05) is 12.1 Å². The number of methoxy groups -OCH3 is 1. The van der Waals surface area contributed by atoms with Gasteiger partial charge in [-0.1, -0.05) is 88.7 Å². The zero-order valence-electron chi connectivity index (χ0n) is 24.4. The summed E-state index contributed by atoms with van der Waals surface area (Å²) in [5.74, 6) is 0.464. The van der Waals surface area contributed by atoms with Crippen molar-refractivity contribution in [2.45, 2.75) is 37.7 Å². The summed E-state index contributed by atoms with van der Waals surface area (Å²) in [6.45, 7) is 3.71. The molecule has 2 unspecified atom stereocenters. The second kappa shape index (κ2) is 13.2. The van der Waals surface area contributed by atoms with Gasteiger partial charge in [0.15, 0.2) is 0 Å². The second-order valence-electron chi connectivity index (χ2n) is 10.9. The van der Waals surface area contributed by atoms with Gasteiger partial charge >= 0.3 is 0 Å². The first-order chi connectivity index (χ1) is 20.0. The molecule has 0 aliphatic rings. The molecule has 4 nitrogen and oxygen atoms in total. The number of rotatable bonds is 12. The fraction of sp³-hybridized carbons (Fsp3) is 0.306. The number of aromatic nitrogens is 1. The van der Waals surface area contributed by atoms with Crippen LogP contribution in [0.1, 0.15) is 48.8 Å². The van der Waals surface area contributed by atoms with Gasteiger partial charge in [0.2, 0.25) is 5.88 Å². The SMILES string of the molecule is CCOC(CCCCN(C)C)(c1cccc2ccccc12)C(c1ccccc1)c1cc2cc(Br)ccc2nc1OC. The van der Waals surface area contributed by atoms with Gasteiger partial charge in [-0.05, 0) is 93.0 Å². The van der Waals surface area contributed by atoms with Crippen molar-refractivity contribution in [1.82, 2.24) is 9.88 Å². The first kappa shape index (κ1) is 29.2. The molecule has 0 aliphatic heterocycles. The van der Waals surface area contributed by atoms with E-state index in [1.54, 1.807) is 7.11 Å². The molecule has 1 aromatic heterocycles. The average Bonchev–Trinajstić information content (AvgIpc) is 2.99. The number of ether oxygens (including phenoxy) is 2. The van der Waals surface area contributed by atoms with E-state index in [-0.39, 0.29) is 5.92 Å². The highest BCUT2D eigenvalue weighted by atomic mass is 79.9. The molecule has 0 radical (unpaired) electrons. The molecule has 0 saturated heterocycles. The van der Waals surface area contributed by atoms with Crippen LogP contribution in [0.3, 0.4) is 0 Å². The van der Waals surface area contributed by atoms with Gasteiger partial charge in [-0.3, -0.25) is 0 Å². The molecule has 2 atom stereocenters. The Morgan fingerprint density at radius 2 is 1.61 bits per heavy atom. The summed E-state index contributed by atoms with van der Waals surface area (Å²) in [5.41, 5.74) is 3.64. The van der Waals surface area contributed by atoms with E-state index >= 15 is 0 Å². The Kier molecular flexibility index (Phi) is 9.39. The third-order valence-corrected chi connectivity index (χ3v) is 8.42. The Morgan fingerprint density at radius 3 is 2.37 bits per heavy atom. The zero-order chi connectivity index (χ0) is 28.8. The number of hydrogen-bond acceptors (Lipinski definition) is 4. The number of unbranched alkanes of at least 4 members (excludes halogenated alkanes) is 1. The van der Waals surface area contributed by atoms with Gasteiger partial charge in [-0.2, -0.15) is 0 Å². The molecule has 0 amide bonds. The lowest BCUT2D eigenvalue weighted by Crippen LogP contribution is -2.38. The number of pyridine rings is 1. The Bertz CT molecular complexity index is 1600. The molecule has 4 aromatic carbocycles. The lowest BCUT2D eigenvalue weighted by atomic mass is 9.69. The Morgan fingerprint density at radius 1 is 0.854 bits per heavy atom. The van der Waals surface area contributed by atoms with Gasteiger partial charge in [0.25, 0.3) is 0 Å². The fourth-order valence-corrected chi connectivity index (χ4v) is 6.58. The van der Waals surface area contributed by atoms with E-state index in [0.717, 1.165) is 46.7 Å². The van der Waals surface area contributed by atoms with E-state index in [1.165, 1.54) is 21.9 Å². The van der Waals surface area contributed by atoms with Crippen LogP contribution in [-0.2, 0) is 10.3 Å². The Labute approximate surface area is 252 Å². The van der Waals surface area contributed by atoms with Crippen LogP contribution >= 0.6 is 15.9 Å². The molecule has 5 rings (SSSR count). The van der Waals surface area contributed by atoms with Crippen molar-refractivity contribution in [2.24, 2.45) is 0 Å². The maximum Gasteiger partial charge on any atom is 0.217 e. The van der Waals surface area contributed by atoms with Crippen molar-refractivity contribution in [3.8, 4) is 5.88 Å². The highest BCUT2D eigenvalue weighted by Gasteiger charge is 2.45. The van der Waals surface area contributed by atoms with E-state index in [9.17, 15) is 0 Å². The molecule has 0 N–H and O–H groups in total. The Balaban J connectivity index is 1.83. The number of benzene rings is 4. The van der Waals surface area contributed by atoms with Crippen molar-refractivity contribution in [3.63, 3.8) is 0 Å². The van der Waals surface area contributed by atoms with E-state index in [4.69, 9.17) is 14.5 Å². The molecular formula is C36H39BrN2O2. The molecule has 5 aromatic rings. The molecule has 0 aliphatic carbocycles. The zero-order valence-corrected chi connectivity index (χ0v) is 26.0. The van der Waals surface area contributed by atoms with E-state index in [0.29, 0.717) is 12.5 Å². The molecule has 0 bridgehead atoms. The third-order valence-electron chi connectivity index (χ3n) is 7.92. The Hall–Kier alpha value is -3.25. The standard InChI is InChI=1S/C36H39BrN2O2/c1-5-41-36(22-11-12-23-39(2)3,32-19-13-17-26-14-9-10-18-30(26)32)34(27-15-7-6-8-16-27)31-25-28-24-29(37)20-21-33(28)38-35(31)40-4/h6-10,13-21,24-25,34H,5,11-12,22-23H2,1-4H3. The molecular weight excluding hydrogens is 572 g/mol. The smallest absolute Gasteiger partial charge is 0.217 e. The minimum Gasteiger partial charge on any atom is -0.481 e. The van der Waals surface area contributed by atoms with Crippen LogP contribution in [0.5, 0.6) is 5.88 Å². The number of fused-ring (bicyclic) bond motifs is 2. The third kappa shape index (κ3) is 6.18. The molecule has 5 heteroatoms. The summed E-state index contributed by atoms with van der Waals surface area (Å²) in [4.78, 5) is 7.28. The van der Waals surface area contributed by atoms with Crippen molar-refractivity contribution in [1.29, 1.82) is 0 Å². The van der Waals surface area contributed by atoms with Gasteiger partial charge in [0.05, 0.1) is 12.6 Å². The molecule has 0 saturated carbocycles. The largest absolute Gasteiger partial charge is 0.481 e. The molecule has 0 spiro atoms. The summed E-state index contributed by atoms with van der Waals surface area (Å²) in [7, 11) is 5.99. The normalized spacial score (nSPS) is 13.9. The lowest BCUT2D eigenvalue weighted by Gasteiger charge is -2.43. The second-order valence-corrected chi connectivity index (χ2v) is 11.8. The van der Waals surface area contributed by atoms with Crippen LogP contribution in [0.25, 0.3) is 21.7 Å². The molecule has 1 heterocycles. The van der Waals surface area contributed by atoms with Gasteiger partial charge < -0.3 is 14.4 Å². The van der Waals surface area contributed by atoms with Gasteiger partial charge in [0, 0.05) is 27.9 Å². The molecule has 0 fully saturated rings.